The molecule has 2 saturated heterocycles. The summed E-state index contributed by atoms with van der Waals surface area (Å²) in [5, 5.41) is 0.363. The molecule has 0 radical (unpaired) electrons. The van der Waals surface area contributed by atoms with E-state index in [4.69, 9.17) is 25.8 Å². The lowest BCUT2D eigenvalue weighted by molar-refractivity contribution is -0.0731. The number of carbonyl (C=O) groups is 1. The smallest absolute Gasteiger partial charge is 0.410 e. The van der Waals surface area contributed by atoms with E-state index in [1.54, 1.807) is 16.7 Å². The summed E-state index contributed by atoms with van der Waals surface area (Å²) < 4.78 is 75.0. The summed E-state index contributed by atoms with van der Waals surface area (Å²) in [6, 6.07) is 7.69. The standard InChI is InChI=1S/C30H36ClF2NO6S2/c1-29(2,3)40-28(35)34-14-4-5-20(34)18-41-16-12-25-22-17-39-27-24(33)11-10-23(32)26(27)30(22,13-15-38-25)42(36,37)21-8-6-19(31)7-9-21/h6-11,20,22,25H,4-5,12-18H2,1-3H3/t20-,22+,25+,30+/m1/s1. The van der Waals surface area contributed by atoms with Gasteiger partial charge in [0.15, 0.2) is 21.4 Å². The summed E-state index contributed by atoms with van der Waals surface area (Å²) in [5.41, 5.74) is -0.842. The van der Waals surface area contributed by atoms with Gasteiger partial charge >= 0.3 is 6.09 Å². The summed E-state index contributed by atoms with van der Waals surface area (Å²) in [5.74, 6) is -1.45. The summed E-state index contributed by atoms with van der Waals surface area (Å²) in [6.45, 7) is 6.10. The molecule has 7 nitrogen and oxygen atoms in total. The zero-order chi connectivity index (χ0) is 30.3. The first-order valence-corrected chi connectivity index (χ1v) is 17.2. The van der Waals surface area contributed by atoms with Gasteiger partial charge in [-0.2, -0.15) is 11.8 Å². The third kappa shape index (κ3) is 5.86. The molecule has 1 amide bonds. The van der Waals surface area contributed by atoms with Gasteiger partial charge in [0.2, 0.25) is 0 Å². The molecule has 0 aliphatic carbocycles. The Hall–Kier alpha value is -2.08. The van der Waals surface area contributed by atoms with Crippen LogP contribution in [0.15, 0.2) is 41.3 Å². The summed E-state index contributed by atoms with van der Waals surface area (Å²) in [4.78, 5) is 14.4. The Balaban J connectivity index is 1.37. The molecule has 230 valence electrons. The highest BCUT2D eigenvalue weighted by atomic mass is 35.5. The number of hydrogen-bond acceptors (Lipinski definition) is 7. The molecule has 0 N–H and O–H groups in total. The van der Waals surface area contributed by atoms with Crippen molar-refractivity contribution in [1.82, 2.24) is 4.90 Å². The van der Waals surface area contributed by atoms with Crippen LogP contribution in [0, 0.1) is 17.6 Å². The third-order valence-corrected chi connectivity index (χ3v) is 12.2. The summed E-state index contributed by atoms with van der Waals surface area (Å²) in [6.07, 6.45) is 1.33. The zero-order valence-electron chi connectivity index (χ0n) is 23.9. The van der Waals surface area contributed by atoms with Crippen LogP contribution in [0.5, 0.6) is 5.75 Å². The molecule has 3 heterocycles. The maximum atomic E-state index is 15.6. The molecule has 5 rings (SSSR count). The van der Waals surface area contributed by atoms with Crippen LogP contribution in [0.25, 0.3) is 0 Å². The molecule has 42 heavy (non-hydrogen) atoms. The number of fused-ring (bicyclic) bond motifs is 3. The van der Waals surface area contributed by atoms with Gasteiger partial charge in [0.1, 0.15) is 16.2 Å². The molecule has 4 atom stereocenters. The average Bonchev–Trinajstić information content (AvgIpc) is 3.41. The fourth-order valence-electron chi connectivity index (χ4n) is 6.32. The van der Waals surface area contributed by atoms with Crippen molar-refractivity contribution < 1.29 is 36.2 Å². The lowest BCUT2D eigenvalue weighted by atomic mass is 9.75. The van der Waals surface area contributed by atoms with Crippen LogP contribution in [-0.4, -0.2) is 68.4 Å². The van der Waals surface area contributed by atoms with E-state index < -0.39 is 43.8 Å². The molecule has 0 bridgehead atoms. The topological polar surface area (TPSA) is 82.1 Å². The maximum absolute atomic E-state index is 15.6. The fourth-order valence-corrected chi connectivity index (χ4v) is 9.98. The van der Waals surface area contributed by atoms with Gasteiger partial charge < -0.3 is 19.1 Å². The van der Waals surface area contributed by atoms with Crippen molar-refractivity contribution in [3.8, 4) is 5.75 Å². The Bertz CT molecular complexity index is 1420. The number of halogens is 3. The average molecular weight is 644 g/mol. The lowest BCUT2D eigenvalue weighted by Crippen LogP contribution is -2.57. The molecule has 2 fully saturated rings. The molecule has 0 unspecified atom stereocenters. The molecule has 3 aliphatic rings. The fraction of sp³-hybridized carbons (Fsp3) is 0.567. The number of ether oxygens (including phenoxy) is 3. The second-order valence-electron chi connectivity index (χ2n) is 12.0. The predicted molar refractivity (Wildman–Crippen MR) is 158 cm³/mol. The van der Waals surface area contributed by atoms with Crippen LogP contribution in [0.2, 0.25) is 5.02 Å². The van der Waals surface area contributed by atoms with E-state index in [1.807, 2.05) is 20.8 Å². The molecule has 2 aromatic carbocycles. The van der Waals surface area contributed by atoms with Gasteiger partial charge in [0, 0.05) is 35.9 Å². The van der Waals surface area contributed by atoms with Crippen molar-refractivity contribution in [2.24, 2.45) is 5.92 Å². The van der Waals surface area contributed by atoms with Crippen LogP contribution in [0.3, 0.4) is 0 Å². The van der Waals surface area contributed by atoms with Crippen molar-refractivity contribution in [3.05, 3.63) is 58.6 Å². The minimum Gasteiger partial charge on any atom is -0.490 e. The van der Waals surface area contributed by atoms with Gasteiger partial charge in [-0.3, -0.25) is 0 Å². The summed E-state index contributed by atoms with van der Waals surface area (Å²) in [7, 11) is -4.25. The van der Waals surface area contributed by atoms with E-state index in [-0.39, 0.29) is 48.0 Å². The second kappa shape index (κ2) is 12.1. The number of hydrogen-bond donors (Lipinski definition) is 0. The number of likely N-dealkylation sites (tertiary alicyclic amines) is 1. The maximum Gasteiger partial charge on any atom is 0.410 e. The lowest BCUT2D eigenvalue weighted by Gasteiger charge is -2.50. The number of rotatable bonds is 7. The van der Waals surface area contributed by atoms with Gasteiger partial charge in [-0.05, 0) is 88.6 Å². The Morgan fingerprint density at radius 2 is 1.88 bits per heavy atom. The number of amides is 1. The van der Waals surface area contributed by atoms with E-state index >= 15 is 4.39 Å². The van der Waals surface area contributed by atoms with E-state index in [9.17, 15) is 17.6 Å². The van der Waals surface area contributed by atoms with E-state index in [0.29, 0.717) is 29.5 Å². The molecule has 3 aliphatic heterocycles. The SMILES string of the molecule is CC(C)(C)OC(=O)N1CCC[C@@H]1CSCC[C@@H]1OCC[C@@]2(S(=O)(=O)c3ccc(Cl)cc3)c3c(F)ccc(F)c3OC[C@@H]12. The Kier molecular flexibility index (Phi) is 9.05. The normalized spacial score (nSPS) is 25.9. The highest BCUT2D eigenvalue weighted by molar-refractivity contribution is 7.99. The molecule has 0 saturated carbocycles. The van der Waals surface area contributed by atoms with Crippen LogP contribution in [0.1, 0.15) is 52.0 Å². The van der Waals surface area contributed by atoms with Crippen molar-refractivity contribution >= 4 is 39.3 Å². The monoisotopic (exact) mass is 643 g/mol. The number of carbonyl (C=O) groups excluding carboxylic acids is 1. The van der Waals surface area contributed by atoms with Gasteiger partial charge in [-0.15, -0.1) is 0 Å². The number of thioether (sulfide) groups is 1. The van der Waals surface area contributed by atoms with Gasteiger partial charge in [0.05, 0.1) is 23.2 Å². The van der Waals surface area contributed by atoms with E-state index in [1.165, 1.54) is 24.3 Å². The molecule has 0 spiro atoms. The van der Waals surface area contributed by atoms with E-state index in [0.717, 1.165) is 25.0 Å². The zero-order valence-corrected chi connectivity index (χ0v) is 26.3. The second-order valence-corrected chi connectivity index (χ2v) is 15.8. The third-order valence-electron chi connectivity index (χ3n) is 8.21. The first kappa shape index (κ1) is 31.3. The van der Waals surface area contributed by atoms with Crippen LogP contribution < -0.4 is 4.74 Å². The number of nitrogens with zero attached hydrogens (tertiary/aromatic N) is 1. The number of sulfone groups is 1. The molecule has 2 aromatic rings. The molecule has 0 aromatic heterocycles. The Labute approximate surface area is 255 Å². The first-order chi connectivity index (χ1) is 19.8. The highest BCUT2D eigenvalue weighted by Crippen LogP contribution is 2.56. The van der Waals surface area contributed by atoms with Crippen LogP contribution in [-0.2, 0) is 24.1 Å². The van der Waals surface area contributed by atoms with Crippen molar-refractivity contribution in [3.63, 3.8) is 0 Å². The predicted octanol–water partition coefficient (Wildman–Crippen LogP) is 6.61. The van der Waals surface area contributed by atoms with Crippen LogP contribution >= 0.6 is 23.4 Å². The number of benzene rings is 2. The van der Waals surface area contributed by atoms with Gasteiger partial charge in [-0.25, -0.2) is 22.0 Å². The van der Waals surface area contributed by atoms with Gasteiger partial charge in [0.25, 0.3) is 0 Å². The van der Waals surface area contributed by atoms with E-state index in [2.05, 4.69) is 0 Å². The Morgan fingerprint density at radius 1 is 1.17 bits per heavy atom. The minimum absolute atomic E-state index is 0.0214. The Morgan fingerprint density at radius 3 is 2.60 bits per heavy atom. The van der Waals surface area contributed by atoms with Crippen LogP contribution in [0.4, 0.5) is 13.6 Å². The van der Waals surface area contributed by atoms with Crippen molar-refractivity contribution in [2.75, 3.05) is 31.3 Å². The quantitative estimate of drug-likeness (QED) is 0.314. The van der Waals surface area contributed by atoms with Crippen molar-refractivity contribution in [2.45, 2.75) is 73.8 Å². The largest absolute Gasteiger partial charge is 0.490 e. The first-order valence-electron chi connectivity index (χ1n) is 14.2. The molecule has 12 heteroatoms. The van der Waals surface area contributed by atoms with Crippen molar-refractivity contribution in [1.29, 1.82) is 0 Å². The van der Waals surface area contributed by atoms with Gasteiger partial charge in [-0.1, -0.05) is 11.6 Å². The minimum atomic E-state index is -4.25. The highest BCUT2D eigenvalue weighted by Gasteiger charge is 2.61. The molecular formula is C30H36ClF2NO6S2. The molecular weight excluding hydrogens is 608 g/mol. The summed E-state index contributed by atoms with van der Waals surface area (Å²) >= 11 is 7.68.